The van der Waals surface area contributed by atoms with E-state index in [1.807, 2.05) is 13.0 Å². The molecule has 17 heavy (non-hydrogen) atoms. The smallest absolute Gasteiger partial charge is 0.161 e. The number of ketones is 1. The largest absolute Gasteiger partial charge is 0.398 e. The molecule has 0 aliphatic heterocycles. The number of nitrogens with one attached hydrogen (secondary N) is 1. The fourth-order valence-electron chi connectivity index (χ4n) is 1.83. The second-order valence-electron chi connectivity index (χ2n) is 4.49. The summed E-state index contributed by atoms with van der Waals surface area (Å²) in [6.45, 7) is 5.24. The molecule has 0 saturated heterocycles. The van der Waals surface area contributed by atoms with Gasteiger partial charge >= 0.3 is 0 Å². The van der Waals surface area contributed by atoms with Gasteiger partial charge in [-0.15, -0.1) is 0 Å². The second kappa shape index (κ2) is 5.68. The van der Waals surface area contributed by atoms with Gasteiger partial charge in [-0.05, 0) is 45.4 Å². The Hall–Kier alpha value is -1.55. The lowest BCUT2D eigenvalue weighted by atomic mass is 10.1. The summed E-state index contributed by atoms with van der Waals surface area (Å²) in [5, 5.41) is 12.5. The molecule has 1 aromatic carbocycles. The number of Topliss-reactive ketones (excluding diaryl/α,β-unsaturated/α-hetero) is 1. The Balaban J connectivity index is 2.74. The highest BCUT2D eigenvalue weighted by molar-refractivity contribution is 5.99. The van der Waals surface area contributed by atoms with Crippen LogP contribution in [0, 0.1) is 0 Å². The number of benzene rings is 1. The minimum atomic E-state index is -0.341. The van der Waals surface area contributed by atoms with Crippen molar-refractivity contribution in [2.24, 2.45) is 0 Å². The van der Waals surface area contributed by atoms with E-state index in [0.29, 0.717) is 17.7 Å². The molecule has 2 atom stereocenters. The number of hydrogen-bond donors (Lipinski definition) is 3. The van der Waals surface area contributed by atoms with Crippen LogP contribution < -0.4 is 11.1 Å². The van der Waals surface area contributed by atoms with E-state index in [0.717, 1.165) is 5.69 Å². The van der Waals surface area contributed by atoms with Gasteiger partial charge in [-0.2, -0.15) is 0 Å². The van der Waals surface area contributed by atoms with Crippen molar-refractivity contribution in [2.75, 3.05) is 11.1 Å². The van der Waals surface area contributed by atoms with E-state index in [9.17, 15) is 9.90 Å². The molecule has 4 nitrogen and oxygen atoms in total. The van der Waals surface area contributed by atoms with Crippen LogP contribution in [0.15, 0.2) is 18.2 Å². The van der Waals surface area contributed by atoms with Gasteiger partial charge in [-0.1, -0.05) is 0 Å². The Labute approximate surface area is 102 Å². The lowest BCUT2D eigenvalue weighted by Gasteiger charge is -2.17. The van der Waals surface area contributed by atoms with Gasteiger partial charge in [0.2, 0.25) is 0 Å². The average molecular weight is 236 g/mol. The molecule has 1 rings (SSSR count). The maximum absolute atomic E-state index is 11.2. The molecule has 0 amide bonds. The lowest BCUT2D eigenvalue weighted by molar-refractivity contribution is 0.101. The summed E-state index contributed by atoms with van der Waals surface area (Å²) in [4.78, 5) is 11.2. The number of aliphatic hydroxyl groups excluding tert-OH is 1. The van der Waals surface area contributed by atoms with Gasteiger partial charge in [0.25, 0.3) is 0 Å². The summed E-state index contributed by atoms with van der Waals surface area (Å²) in [7, 11) is 0. The van der Waals surface area contributed by atoms with Gasteiger partial charge in [0.15, 0.2) is 5.78 Å². The van der Waals surface area contributed by atoms with E-state index in [1.165, 1.54) is 6.92 Å². The summed E-state index contributed by atoms with van der Waals surface area (Å²) in [5.74, 6) is -0.0360. The van der Waals surface area contributed by atoms with Crippen molar-refractivity contribution in [1.82, 2.24) is 0 Å². The number of carbonyl (C=O) groups excluding carboxylic acids is 1. The van der Waals surface area contributed by atoms with Crippen LogP contribution in [0.4, 0.5) is 11.4 Å². The van der Waals surface area contributed by atoms with Crippen molar-refractivity contribution < 1.29 is 9.90 Å². The molecule has 4 N–H and O–H groups in total. The molecule has 1 aromatic rings. The number of hydrogen-bond acceptors (Lipinski definition) is 4. The molecule has 0 aliphatic carbocycles. The van der Waals surface area contributed by atoms with Gasteiger partial charge < -0.3 is 16.2 Å². The first-order valence-corrected chi connectivity index (χ1v) is 5.75. The van der Waals surface area contributed by atoms with Gasteiger partial charge in [-0.3, -0.25) is 4.79 Å². The summed E-state index contributed by atoms with van der Waals surface area (Å²) in [6, 6.07) is 5.44. The third-order valence-electron chi connectivity index (χ3n) is 2.54. The molecule has 0 spiro atoms. The topological polar surface area (TPSA) is 75.3 Å². The van der Waals surface area contributed by atoms with Gasteiger partial charge in [0.05, 0.1) is 6.10 Å². The molecule has 0 heterocycles. The number of aliphatic hydroxyl groups is 1. The molecule has 0 fully saturated rings. The SMILES string of the molecule is CC(=O)c1ccc(NC(C)CC(C)O)cc1N. The predicted molar refractivity (Wildman–Crippen MR) is 70.2 cm³/mol. The molecule has 0 saturated carbocycles. The molecular formula is C13H20N2O2. The molecule has 0 bridgehead atoms. The van der Waals surface area contributed by atoms with Crippen LogP contribution in [0.2, 0.25) is 0 Å². The predicted octanol–water partition coefficient (Wildman–Crippen LogP) is 2.04. The molecule has 0 radical (unpaired) electrons. The van der Waals surface area contributed by atoms with Gasteiger partial charge in [0.1, 0.15) is 0 Å². The zero-order chi connectivity index (χ0) is 13.0. The normalized spacial score (nSPS) is 14.1. The highest BCUT2D eigenvalue weighted by Crippen LogP contribution is 2.19. The zero-order valence-electron chi connectivity index (χ0n) is 10.5. The fraction of sp³-hybridized carbons (Fsp3) is 0.462. The number of rotatable bonds is 5. The van der Waals surface area contributed by atoms with Crippen LogP contribution in [-0.2, 0) is 0 Å². The van der Waals surface area contributed by atoms with E-state index >= 15 is 0 Å². The standard InChI is InChI=1S/C13H20N2O2/c1-8(6-9(2)16)15-11-4-5-12(10(3)17)13(14)7-11/h4-5,7-9,15-16H,6,14H2,1-3H3. The fourth-order valence-corrected chi connectivity index (χ4v) is 1.83. The van der Waals surface area contributed by atoms with E-state index < -0.39 is 0 Å². The number of anilines is 2. The van der Waals surface area contributed by atoms with Crippen molar-refractivity contribution >= 4 is 17.2 Å². The zero-order valence-corrected chi connectivity index (χ0v) is 10.5. The first-order valence-electron chi connectivity index (χ1n) is 5.75. The minimum absolute atomic E-state index is 0.0360. The highest BCUT2D eigenvalue weighted by Gasteiger charge is 2.08. The minimum Gasteiger partial charge on any atom is -0.398 e. The Kier molecular flexibility index (Phi) is 4.52. The number of carbonyl (C=O) groups is 1. The van der Waals surface area contributed by atoms with Crippen molar-refractivity contribution in [3.63, 3.8) is 0 Å². The molecule has 4 heteroatoms. The van der Waals surface area contributed by atoms with E-state index in [2.05, 4.69) is 5.32 Å². The Morgan fingerprint density at radius 1 is 1.47 bits per heavy atom. The Morgan fingerprint density at radius 3 is 2.59 bits per heavy atom. The van der Waals surface area contributed by atoms with E-state index in [1.54, 1.807) is 19.1 Å². The summed E-state index contributed by atoms with van der Waals surface area (Å²) in [5.41, 5.74) is 7.67. The van der Waals surface area contributed by atoms with Crippen molar-refractivity contribution in [2.45, 2.75) is 39.3 Å². The van der Waals surface area contributed by atoms with Crippen LogP contribution in [-0.4, -0.2) is 23.0 Å². The Bertz CT molecular complexity index is 402. The molecular weight excluding hydrogens is 216 g/mol. The first-order chi connectivity index (χ1) is 7.90. The van der Waals surface area contributed by atoms with Crippen LogP contribution in [0.1, 0.15) is 37.6 Å². The van der Waals surface area contributed by atoms with Crippen molar-refractivity contribution in [1.29, 1.82) is 0 Å². The average Bonchev–Trinajstić information content (AvgIpc) is 2.15. The summed E-state index contributed by atoms with van der Waals surface area (Å²) < 4.78 is 0. The van der Waals surface area contributed by atoms with Gasteiger partial charge in [0, 0.05) is 23.0 Å². The summed E-state index contributed by atoms with van der Waals surface area (Å²) >= 11 is 0. The monoisotopic (exact) mass is 236 g/mol. The number of nitrogens with two attached hydrogens (primary N) is 1. The quantitative estimate of drug-likeness (QED) is 0.540. The third-order valence-corrected chi connectivity index (χ3v) is 2.54. The maximum atomic E-state index is 11.2. The second-order valence-corrected chi connectivity index (χ2v) is 4.49. The van der Waals surface area contributed by atoms with Crippen LogP contribution >= 0.6 is 0 Å². The third kappa shape index (κ3) is 4.07. The maximum Gasteiger partial charge on any atom is 0.161 e. The molecule has 0 aromatic heterocycles. The van der Waals surface area contributed by atoms with E-state index in [4.69, 9.17) is 5.73 Å². The molecule has 0 aliphatic rings. The Morgan fingerprint density at radius 2 is 2.12 bits per heavy atom. The lowest BCUT2D eigenvalue weighted by Crippen LogP contribution is -2.20. The van der Waals surface area contributed by atoms with Crippen LogP contribution in [0.3, 0.4) is 0 Å². The van der Waals surface area contributed by atoms with Crippen LogP contribution in [0.25, 0.3) is 0 Å². The van der Waals surface area contributed by atoms with Crippen molar-refractivity contribution in [3.8, 4) is 0 Å². The summed E-state index contributed by atoms with van der Waals surface area (Å²) in [6.07, 6.45) is 0.320. The van der Waals surface area contributed by atoms with Crippen LogP contribution in [0.5, 0.6) is 0 Å². The molecule has 94 valence electrons. The van der Waals surface area contributed by atoms with E-state index in [-0.39, 0.29) is 17.9 Å². The number of nitrogen functional groups attached to an aromatic ring is 1. The first kappa shape index (κ1) is 13.5. The molecule has 2 unspecified atom stereocenters. The van der Waals surface area contributed by atoms with Gasteiger partial charge in [-0.25, -0.2) is 0 Å². The highest BCUT2D eigenvalue weighted by atomic mass is 16.3. The van der Waals surface area contributed by atoms with Crippen molar-refractivity contribution in [3.05, 3.63) is 23.8 Å².